The van der Waals surface area contributed by atoms with E-state index < -0.39 is 5.97 Å². The minimum absolute atomic E-state index is 0.0135. The largest absolute Gasteiger partial charge is 0.497 e. The topological polar surface area (TPSA) is 94.7 Å². The quantitative estimate of drug-likeness (QED) is 0.862. The van der Waals surface area contributed by atoms with E-state index in [0.29, 0.717) is 23.9 Å². The predicted molar refractivity (Wildman–Crippen MR) is 68.0 cm³/mol. The van der Waals surface area contributed by atoms with Crippen molar-refractivity contribution < 1.29 is 23.9 Å². The molecule has 0 spiro atoms. The van der Waals surface area contributed by atoms with Crippen molar-refractivity contribution in [1.29, 1.82) is 0 Å². The molecule has 0 fully saturated rings. The van der Waals surface area contributed by atoms with E-state index in [9.17, 15) is 4.79 Å². The molecule has 0 atom stereocenters. The molecule has 2 rings (SSSR count). The van der Waals surface area contributed by atoms with Crippen LogP contribution in [0.4, 0.5) is 0 Å². The summed E-state index contributed by atoms with van der Waals surface area (Å²) in [6.07, 6.45) is 0.659. The number of aromatic carboxylic acids is 1. The van der Waals surface area contributed by atoms with Gasteiger partial charge in [0.25, 0.3) is 5.89 Å². The summed E-state index contributed by atoms with van der Waals surface area (Å²) in [5, 5.41) is 12.9. The molecule has 106 valence electrons. The van der Waals surface area contributed by atoms with Crippen LogP contribution in [-0.4, -0.2) is 28.3 Å². The third kappa shape index (κ3) is 3.05. The van der Waals surface area contributed by atoms with Crippen LogP contribution in [0.25, 0.3) is 0 Å². The standard InChI is InChI=1S/C13H14N2O5/c1-3-11-14-12(20-15-11)7-19-10-5-4-8(18-2)6-9(10)13(16)17/h4-6H,3,7H2,1-2H3,(H,16,17). The summed E-state index contributed by atoms with van der Waals surface area (Å²) in [6, 6.07) is 4.54. The normalized spacial score (nSPS) is 10.3. The molecule has 0 bridgehead atoms. The van der Waals surface area contributed by atoms with Crippen LogP contribution < -0.4 is 9.47 Å². The van der Waals surface area contributed by atoms with Crippen LogP contribution in [0.5, 0.6) is 11.5 Å². The number of aryl methyl sites for hydroxylation is 1. The number of nitrogens with zero attached hydrogens (tertiary/aromatic N) is 2. The van der Waals surface area contributed by atoms with Crippen LogP contribution in [0, 0.1) is 0 Å². The molecule has 0 amide bonds. The molecule has 0 unspecified atom stereocenters. The molecule has 0 radical (unpaired) electrons. The number of hydrogen-bond donors (Lipinski definition) is 1. The lowest BCUT2D eigenvalue weighted by Gasteiger charge is -2.08. The molecule has 0 saturated carbocycles. The summed E-state index contributed by atoms with van der Waals surface area (Å²) in [6.45, 7) is 1.92. The summed E-state index contributed by atoms with van der Waals surface area (Å²) in [5.74, 6) is 0.444. The Hall–Kier alpha value is -2.57. The molecule has 0 aliphatic carbocycles. The Bertz CT molecular complexity index is 609. The lowest BCUT2D eigenvalue weighted by molar-refractivity contribution is 0.0690. The van der Waals surface area contributed by atoms with Gasteiger partial charge in [-0.05, 0) is 18.2 Å². The van der Waals surface area contributed by atoms with Gasteiger partial charge in [0.2, 0.25) is 0 Å². The molecule has 20 heavy (non-hydrogen) atoms. The van der Waals surface area contributed by atoms with Crippen molar-refractivity contribution in [3.63, 3.8) is 0 Å². The molecule has 1 heterocycles. The first-order valence-corrected chi connectivity index (χ1v) is 5.99. The van der Waals surface area contributed by atoms with E-state index in [-0.39, 0.29) is 17.9 Å². The lowest BCUT2D eigenvalue weighted by atomic mass is 10.2. The van der Waals surface area contributed by atoms with E-state index in [1.54, 1.807) is 6.07 Å². The maximum absolute atomic E-state index is 11.2. The highest BCUT2D eigenvalue weighted by molar-refractivity contribution is 5.91. The van der Waals surface area contributed by atoms with Crippen molar-refractivity contribution in [3.8, 4) is 11.5 Å². The average Bonchev–Trinajstić information content (AvgIpc) is 2.92. The fraction of sp³-hybridized carbons (Fsp3) is 0.308. The second-order valence-corrected chi connectivity index (χ2v) is 3.91. The van der Waals surface area contributed by atoms with Crippen LogP contribution in [0.2, 0.25) is 0 Å². The van der Waals surface area contributed by atoms with Gasteiger partial charge in [-0.1, -0.05) is 12.1 Å². The highest BCUT2D eigenvalue weighted by atomic mass is 16.5. The monoisotopic (exact) mass is 278 g/mol. The Morgan fingerprint density at radius 2 is 2.25 bits per heavy atom. The van der Waals surface area contributed by atoms with Gasteiger partial charge in [0, 0.05) is 6.42 Å². The average molecular weight is 278 g/mol. The predicted octanol–water partition coefficient (Wildman–Crippen LogP) is 1.92. The molecule has 0 aliphatic heterocycles. The van der Waals surface area contributed by atoms with Crippen LogP contribution in [0.1, 0.15) is 29.0 Å². The zero-order valence-corrected chi connectivity index (χ0v) is 11.1. The summed E-state index contributed by atoms with van der Waals surface area (Å²) in [7, 11) is 1.46. The zero-order chi connectivity index (χ0) is 14.5. The number of methoxy groups -OCH3 is 1. The van der Waals surface area contributed by atoms with Gasteiger partial charge in [-0.3, -0.25) is 0 Å². The Morgan fingerprint density at radius 1 is 1.45 bits per heavy atom. The van der Waals surface area contributed by atoms with Gasteiger partial charge in [-0.15, -0.1) is 0 Å². The van der Waals surface area contributed by atoms with Crippen molar-refractivity contribution in [2.45, 2.75) is 20.0 Å². The van der Waals surface area contributed by atoms with Crippen LogP contribution >= 0.6 is 0 Å². The van der Waals surface area contributed by atoms with E-state index in [4.69, 9.17) is 19.1 Å². The number of hydrogen-bond acceptors (Lipinski definition) is 6. The number of rotatable bonds is 6. The third-order valence-corrected chi connectivity index (χ3v) is 2.59. The maximum Gasteiger partial charge on any atom is 0.339 e. The number of carboxylic acids is 1. The van der Waals surface area contributed by atoms with Crippen LogP contribution in [-0.2, 0) is 13.0 Å². The maximum atomic E-state index is 11.2. The fourth-order valence-electron chi connectivity index (χ4n) is 1.56. The first-order chi connectivity index (χ1) is 9.63. The van der Waals surface area contributed by atoms with Crippen molar-refractivity contribution >= 4 is 5.97 Å². The van der Waals surface area contributed by atoms with E-state index in [0.717, 1.165) is 0 Å². The fourth-order valence-corrected chi connectivity index (χ4v) is 1.56. The van der Waals surface area contributed by atoms with Gasteiger partial charge in [0.05, 0.1) is 7.11 Å². The van der Waals surface area contributed by atoms with Gasteiger partial charge < -0.3 is 19.1 Å². The van der Waals surface area contributed by atoms with E-state index in [1.165, 1.54) is 19.2 Å². The molecule has 7 nitrogen and oxygen atoms in total. The van der Waals surface area contributed by atoms with Crippen molar-refractivity contribution in [1.82, 2.24) is 10.1 Å². The number of ether oxygens (including phenoxy) is 2. The van der Waals surface area contributed by atoms with Crippen molar-refractivity contribution in [3.05, 3.63) is 35.5 Å². The van der Waals surface area contributed by atoms with Crippen molar-refractivity contribution in [2.24, 2.45) is 0 Å². The number of carbonyl (C=O) groups is 1. The second-order valence-electron chi connectivity index (χ2n) is 3.91. The Morgan fingerprint density at radius 3 is 2.85 bits per heavy atom. The minimum Gasteiger partial charge on any atom is -0.497 e. The van der Waals surface area contributed by atoms with Crippen LogP contribution in [0.3, 0.4) is 0 Å². The second kappa shape index (κ2) is 6.05. The minimum atomic E-state index is -1.10. The molecule has 0 aliphatic rings. The Balaban J connectivity index is 2.14. The molecule has 1 aromatic heterocycles. The van der Waals surface area contributed by atoms with Gasteiger partial charge in [-0.25, -0.2) is 4.79 Å². The molecule has 2 aromatic rings. The number of carboxylic acid groups (broad SMARTS) is 1. The number of benzene rings is 1. The summed E-state index contributed by atoms with van der Waals surface area (Å²) in [5.41, 5.74) is 0.0135. The van der Waals surface area contributed by atoms with Gasteiger partial charge in [0.15, 0.2) is 12.4 Å². The van der Waals surface area contributed by atoms with E-state index >= 15 is 0 Å². The molecule has 0 saturated heterocycles. The van der Waals surface area contributed by atoms with E-state index in [2.05, 4.69) is 10.1 Å². The highest BCUT2D eigenvalue weighted by Crippen LogP contribution is 2.24. The number of aromatic nitrogens is 2. The highest BCUT2D eigenvalue weighted by Gasteiger charge is 2.14. The smallest absolute Gasteiger partial charge is 0.339 e. The third-order valence-electron chi connectivity index (χ3n) is 2.59. The first kappa shape index (κ1) is 13.9. The van der Waals surface area contributed by atoms with Gasteiger partial charge in [0.1, 0.15) is 17.1 Å². The lowest BCUT2D eigenvalue weighted by Crippen LogP contribution is -2.04. The zero-order valence-electron chi connectivity index (χ0n) is 11.1. The molecular weight excluding hydrogens is 264 g/mol. The van der Waals surface area contributed by atoms with Gasteiger partial charge in [-0.2, -0.15) is 4.98 Å². The summed E-state index contributed by atoms with van der Waals surface area (Å²) >= 11 is 0. The van der Waals surface area contributed by atoms with Gasteiger partial charge >= 0.3 is 5.97 Å². The Kier molecular flexibility index (Phi) is 4.19. The molecular formula is C13H14N2O5. The molecule has 7 heteroatoms. The van der Waals surface area contributed by atoms with Crippen molar-refractivity contribution in [2.75, 3.05) is 7.11 Å². The summed E-state index contributed by atoms with van der Waals surface area (Å²) < 4.78 is 15.4. The summed E-state index contributed by atoms with van der Waals surface area (Å²) in [4.78, 5) is 15.2. The first-order valence-electron chi connectivity index (χ1n) is 5.99. The SMILES string of the molecule is CCc1noc(COc2ccc(OC)cc2C(=O)O)n1. The molecule has 1 aromatic carbocycles. The van der Waals surface area contributed by atoms with E-state index in [1.807, 2.05) is 6.92 Å². The molecule has 1 N–H and O–H groups in total. The van der Waals surface area contributed by atoms with Crippen LogP contribution in [0.15, 0.2) is 22.7 Å². The Labute approximate surface area is 115 Å².